The van der Waals surface area contributed by atoms with Crippen molar-refractivity contribution in [1.82, 2.24) is 0 Å². The predicted octanol–water partition coefficient (Wildman–Crippen LogP) is 0.861. The van der Waals surface area contributed by atoms with Crippen LogP contribution in [0.4, 0.5) is 5.69 Å². The Balaban J connectivity index is 3.08. The van der Waals surface area contributed by atoms with Crippen LogP contribution in [0.15, 0.2) is 22.7 Å². The van der Waals surface area contributed by atoms with E-state index in [0.717, 1.165) is 0 Å². The highest BCUT2D eigenvalue weighted by Crippen LogP contribution is 2.23. The van der Waals surface area contributed by atoms with Gasteiger partial charge in [0.25, 0.3) is 0 Å². The van der Waals surface area contributed by atoms with Gasteiger partial charge in [0.1, 0.15) is 5.75 Å². The van der Waals surface area contributed by atoms with Gasteiger partial charge in [-0.15, -0.1) is 0 Å². The van der Waals surface area contributed by atoms with Crippen molar-refractivity contribution in [3.8, 4) is 5.75 Å². The Labute approximate surface area is 78.0 Å². The first kappa shape index (κ1) is 9.47. The fourth-order valence-corrected chi connectivity index (χ4v) is 1.21. The maximum Gasteiger partial charge on any atom is 0.181 e. The van der Waals surface area contributed by atoms with E-state index >= 15 is 0 Å². The summed E-state index contributed by atoms with van der Waals surface area (Å²) in [5, 5.41) is 18.3. The molecule has 0 aliphatic rings. The molecule has 12 heavy (non-hydrogen) atoms. The molecule has 4 nitrogen and oxygen atoms in total. The molecule has 0 aliphatic carbocycles. The van der Waals surface area contributed by atoms with Crippen LogP contribution < -0.4 is 9.96 Å². The lowest BCUT2D eigenvalue weighted by Crippen LogP contribution is -2.99. The van der Waals surface area contributed by atoms with Crippen molar-refractivity contribution in [3.63, 3.8) is 0 Å². The van der Waals surface area contributed by atoms with Crippen LogP contribution in [0.1, 0.15) is 0 Å². The zero-order chi connectivity index (χ0) is 9.14. The molecule has 0 saturated heterocycles. The maximum atomic E-state index is 10.6. The number of benzene rings is 1. The fraction of sp³-hybridized carbons (Fsp3) is 0.143. The third kappa shape index (κ3) is 1.95. The quantitative estimate of drug-likeness (QED) is 0.746. The fourth-order valence-electron chi connectivity index (χ4n) is 0.795. The van der Waals surface area contributed by atoms with E-state index in [4.69, 9.17) is 9.94 Å². The van der Waals surface area contributed by atoms with Gasteiger partial charge in [-0.05, 0) is 28.1 Å². The highest BCUT2D eigenvalue weighted by Gasteiger charge is 2.07. The minimum Gasteiger partial charge on any atom is -0.595 e. The van der Waals surface area contributed by atoms with Gasteiger partial charge >= 0.3 is 0 Å². The average molecular weight is 234 g/mol. The summed E-state index contributed by atoms with van der Waals surface area (Å²) in [6.45, 7) is 0. The number of rotatable bonds is 2. The zero-order valence-electron chi connectivity index (χ0n) is 6.37. The molecule has 0 fully saturated rings. The topological polar surface area (TPSA) is 57.0 Å². The molecule has 0 bridgehead atoms. The van der Waals surface area contributed by atoms with E-state index < -0.39 is 5.23 Å². The second-order valence-corrected chi connectivity index (χ2v) is 3.01. The molecule has 1 aromatic carbocycles. The van der Waals surface area contributed by atoms with E-state index in [1.165, 1.54) is 13.2 Å². The Morgan fingerprint density at radius 1 is 1.58 bits per heavy atom. The van der Waals surface area contributed by atoms with E-state index in [-0.39, 0.29) is 5.69 Å². The number of hydrogen-bond donors (Lipinski definition) is 2. The number of nitrogens with one attached hydrogen (secondary N) is 1. The second-order valence-electron chi connectivity index (χ2n) is 2.15. The lowest BCUT2D eigenvalue weighted by molar-refractivity contribution is -0.991. The SMILES string of the molecule is COc1ccc(Br)c([NH+]([O-])O)c1. The van der Waals surface area contributed by atoms with Crippen LogP contribution in [0.2, 0.25) is 0 Å². The monoisotopic (exact) mass is 233 g/mol. The smallest absolute Gasteiger partial charge is 0.181 e. The highest BCUT2D eigenvalue weighted by molar-refractivity contribution is 9.10. The van der Waals surface area contributed by atoms with Crippen molar-refractivity contribution >= 4 is 21.6 Å². The summed E-state index contributed by atoms with van der Waals surface area (Å²) in [6, 6.07) is 4.80. The molecular weight excluding hydrogens is 226 g/mol. The summed E-state index contributed by atoms with van der Waals surface area (Å²) in [4.78, 5) is 0. The lowest BCUT2D eigenvalue weighted by Gasteiger charge is -2.13. The van der Waals surface area contributed by atoms with Crippen molar-refractivity contribution in [3.05, 3.63) is 27.9 Å². The highest BCUT2D eigenvalue weighted by atomic mass is 79.9. The van der Waals surface area contributed by atoms with Crippen LogP contribution in [-0.2, 0) is 0 Å². The Morgan fingerprint density at radius 2 is 2.25 bits per heavy atom. The van der Waals surface area contributed by atoms with Gasteiger partial charge in [-0.1, -0.05) is 0 Å². The summed E-state index contributed by atoms with van der Waals surface area (Å²) in [5.74, 6) is 0.538. The third-order valence-electron chi connectivity index (χ3n) is 1.40. The molecule has 5 heteroatoms. The molecule has 0 saturated carbocycles. The maximum absolute atomic E-state index is 10.6. The van der Waals surface area contributed by atoms with Crippen molar-refractivity contribution in [2.24, 2.45) is 0 Å². The zero-order valence-corrected chi connectivity index (χ0v) is 7.96. The molecular formula is C7H8BrNO3. The number of ether oxygens (including phenoxy) is 1. The number of quaternary nitrogens is 1. The van der Waals surface area contributed by atoms with Crippen molar-refractivity contribution in [1.29, 1.82) is 0 Å². The molecule has 1 rings (SSSR count). The number of halogens is 1. The Bertz CT molecular complexity index is 277. The number of methoxy groups -OCH3 is 1. The van der Waals surface area contributed by atoms with E-state index in [2.05, 4.69) is 15.9 Å². The Morgan fingerprint density at radius 3 is 2.75 bits per heavy atom. The molecule has 0 heterocycles. The van der Waals surface area contributed by atoms with E-state index in [9.17, 15) is 5.21 Å². The molecule has 0 aliphatic heterocycles. The van der Waals surface area contributed by atoms with Crippen LogP contribution in [-0.4, -0.2) is 12.3 Å². The first-order valence-electron chi connectivity index (χ1n) is 3.22. The van der Waals surface area contributed by atoms with Gasteiger partial charge in [-0.3, -0.25) is 0 Å². The summed E-state index contributed by atoms with van der Waals surface area (Å²) < 4.78 is 5.43. The molecule has 0 amide bonds. The summed E-state index contributed by atoms with van der Waals surface area (Å²) in [7, 11) is 1.49. The van der Waals surface area contributed by atoms with Crippen LogP contribution in [0.25, 0.3) is 0 Å². The van der Waals surface area contributed by atoms with Gasteiger partial charge < -0.3 is 9.94 Å². The molecule has 0 aromatic heterocycles. The van der Waals surface area contributed by atoms with Crippen molar-refractivity contribution in [2.45, 2.75) is 0 Å². The van der Waals surface area contributed by atoms with Crippen LogP contribution in [0.5, 0.6) is 5.75 Å². The summed E-state index contributed by atoms with van der Waals surface area (Å²) >= 11 is 3.12. The average Bonchev–Trinajstić information content (AvgIpc) is 2.05. The standard InChI is InChI=1S/C7H8BrNO3/c1-12-5-2-3-6(8)7(4-5)9(10)11/h2-4,9-10H,1H3. The normalized spacial score (nSPS) is 12.7. The van der Waals surface area contributed by atoms with Gasteiger partial charge in [0.05, 0.1) is 11.6 Å². The predicted molar refractivity (Wildman–Crippen MR) is 46.5 cm³/mol. The van der Waals surface area contributed by atoms with E-state index in [1.54, 1.807) is 12.1 Å². The molecule has 0 radical (unpaired) electrons. The van der Waals surface area contributed by atoms with Gasteiger partial charge in [0, 0.05) is 6.07 Å². The van der Waals surface area contributed by atoms with Gasteiger partial charge in [-0.25, -0.2) is 5.21 Å². The number of hydrogen-bond acceptors (Lipinski definition) is 3. The van der Waals surface area contributed by atoms with E-state index in [1.807, 2.05) is 0 Å². The Kier molecular flexibility index (Phi) is 3.05. The lowest BCUT2D eigenvalue weighted by atomic mass is 10.3. The van der Waals surface area contributed by atoms with Crippen molar-refractivity contribution in [2.75, 3.05) is 7.11 Å². The minimum absolute atomic E-state index is 0.203. The van der Waals surface area contributed by atoms with Gasteiger partial charge in [0.2, 0.25) is 0 Å². The van der Waals surface area contributed by atoms with Crippen LogP contribution in [0.3, 0.4) is 0 Å². The summed E-state index contributed by atoms with van der Waals surface area (Å²) in [5.41, 5.74) is 0.203. The largest absolute Gasteiger partial charge is 0.595 e. The molecule has 1 atom stereocenters. The molecule has 1 aromatic rings. The summed E-state index contributed by atoms with van der Waals surface area (Å²) in [6.07, 6.45) is 0. The van der Waals surface area contributed by atoms with Crippen LogP contribution >= 0.6 is 15.9 Å². The third-order valence-corrected chi connectivity index (χ3v) is 2.10. The van der Waals surface area contributed by atoms with Crippen molar-refractivity contribution < 1.29 is 15.2 Å². The first-order chi connectivity index (χ1) is 5.65. The minimum atomic E-state index is -0.972. The molecule has 66 valence electrons. The van der Waals surface area contributed by atoms with Gasteiger partial charge in [0.15, 0.2) is 5.69 Å². The molecule has 0 spiro atoms. The van der Waals surface area contributed by atoms with Crippen LogP contribution in [0, 0.1) is 5.21 Å². The second kappa shape index (κ2) is 3.86. The van der Waals surface area contributed by atoms with Gasteiger partial charge in [-0.2, -0.15) is 5.23 Å². The first-order valence-corrected chi connectivity index (χ1v) is 4.01. The molecule has 2 N–H and O–H groups in total. The van der Waals surface area contributed by atoms with E-state index in [0.29, 0.717) is 10.2 Å². The Hall–Kier alpha value is -0.620. The molecule has 1 unspecified atom stereocenters.